The van der Waals surface area contributed by atoms with Crippen LogP contribution in [0, 0.1) is 0 Å². The Labute approximate surface area is 162 Å². The Morgan fingerprint density at radius 3 is 2.61 bits per heavy atom. The Bertz CT molecular complexity index is 1030. The maximum Gasteiger partial charge on any atom is 0.337 e. The number of nitrogens with zero attached hydrogens (tertiary/aromatic N) is 2. The summed E-state index contributed by atoms with van der Waals surface area (Å²) >= 11 is 0. The van der Waals surface area contributed by atoms with Crippen molar-refractivity contribution in [2.45, 2.75) is 6.42 Å². The van der Waals surface area contributed by atoms with Gasteiger partial charge in [0.15, 0.2) is 0 Å². The second-order valence-corrected chi connectivity index (χ2v) is 6.46. The van der Waals surface area contributed by atoms with Gasteiger partial charge in [-0.15, -0.1) is 0 Å². The van der Waals surface area contributed by atoms with Crippen molar-refractivity contribution >= 4 is 29.1 Å². The van der Waals surface area contributed by atoms with Gasteiger partial charge in [-0.1, -0.05) is 18.2 Å². The molecule has 4 rings (SSSR count). The third-order valence-electron chi connectivity index (χ3n) is 4.72. The van der Waals surface area contributed by atoms with Gasteiger partial charge in [0.1, 0.15) is 5.82 Å². The molecule has 0 radical (unpaired) electrons. The SMILES string of the molecule is COC(=O)c1ccc(Nc2cc(C(=O)N3CCc4ccccc43)ccn2)cc1. The highest BCUT2D eigenvalue weighted by Crippen LogP contribution is 2.29. The summed E-state index contributed by atoms with van der Waals surface area (Å²) in [5.41, 5.74) is 3.96. The maximum absolute atomic E-state index is 13.0. The molecule has 0 unspecified atom stereocenters. The van der Waals surface area contributed by atoms with Crippen LogP contribution < -0.4 is 10.2 Å². The number of benzene rings is 2. The Morgan fingerprint density at radius 1 is 1.04 bits per heavy atom. The second-order valence-electron chi connectivity index (χ2n) is 6.46. The summed E-state index contributed by atoms with van der Waals surface area (Å²) in [6.45, 7) is 0.679. The summed E-state index contributed by atoms with van der Waals surface area (Å²) in [6.07, 6.45) is 2.48. The molecule has 0 atom stereocenters. The number of nitrogens with one attached hydrogen (secondary N) is 1. The first-order valence-corrected chi connectivity index (χ1v) is 8.97. The molecule has 0 bridgehead atoms. The maximum atomic E-state index is 13.0. The lowest BCUT2D eigenvalue weighted by atomic mass is 10.1. The van der Waals surface area contributed by atoms with E-state index in [4.69, 9.17) is 4.74 Å². The van der Waals surface area contributed by atoms with E-state index in [1.165, 1.54) is 12.7 Å². The van der Waals surface area contributed by atoms with Crippen LogP contribution in [0.2, 0.25) is 0 Å². The minimum Gasteiger partial charge on any atom is -0.465 e. The van der Waals surface area contributed by atoms with E-state index < -0.39 is 0 Å². The summed E-state index contributed by atoms with van der Waals surface area (Å²) in [7, 11) is 1.35. The molecule has 1 amide bonds. The van der Waals surface area contributed by atoms with E-state index in [1.54, 1.807) is 47.5 Å². The summed E-state index contributed by atoms with van der Waals surface area (Å²) in [4.78, 5) is 30.6. The molecule has 140 valence electrons. The lowest BCUT2D eigenvalue weighted by Crippen LogP contribution is -2.28. The van der Waals surface area contributed by atoms with Crippen molar-refractivity contribution in [2.24, 2.45) is 0 Å². The third-order valence-corrected chi connectivity index (χ3v) is 4.72. The van der Waals surface area contributed by atoms with Crippen molar-refractivity contribution in [2.75, 3.05) is 23.9 Å². The molecule has 1 N–H and O–H groups in total. The molecule has 6 nitrogen and oxygen atoms in total. The zero-order valence-electron chi connectivity index (χ0n) is 15.4. The van der Waals surface area contributed by atoms with Gasteiger partial charge in [-0.3, -0.25) is 4.79 Å². The zero-order valence-corrected chi connectivity index (χ0v) is 15.4. The van der Waals surface area contributed by atoms with Crippen LogP contribution in [-0.4, -0.2) is 30.5 Å². The fraction of sp³-hybridized carbons (Fsp3) is 0.136. The largest absolute Gasteiger partial charge is 0.465 e. The molecule has 0 spiro atoms. The molecular weight excluding hydrogens is 354 g/mol. The van der Waals surface area contributed by atoms with E-state index in [9.17, 15) is 9.59 Å². The number of fused-ring (bicyclic) bond motifs is 1. The van der Waals surface area contributed by atoms with Gasteiger partial charge in [0, 0.05) is 29.7 Å². The van der Waals surface area contributed by atoms with E-state index in [0.29, 0.717) is 23.5 Å². The number of carbonyl (C=O) groups excluding carboxylic acids is 2. The molecule has 0 saturated carbocycles. The number of anilines is 3. The number of carbonyl (C=O) groups is 2. The average Bonchev–Trinajstić information content (AvgIpc) is 3.17. The summed E-state index contributed by atoms with van der Waals surface area (Å²) in [6, 6.07) is 18.3. The van der Waals surface area contributed by atoms with E-state index in [-0.39, 0.29) is 11.9 Å². The van der Waals surface area contributed by atoms with Crippen molar-refractivity contribution in [3.05, 3.63) is 83.6 Å². The number of esters is 1. The van der Waals surface area contributed by atoms with Gasteiger partial charge < -0.3 is 15.0 Å². The molecule has 0 fully saturated rings. The normalized spacial score (nSPS) is 12.4. The standard InChI is InChI=1S/C22H19N3O3/c1-28-22(27)16-6-8-18(9-7-16)24-20-14-17(10-12-23-20)21(26)25-13-11-15-4-2-3-5-19(15)25/h2-10,12,14H,11,13H2,1H3,(H,23,24). The van der Waals surface area contributed by atoms with Gasteiger partial charge in [0.05, 0.1) is 12.7 Å². The number of methoxy groups -OCH3 is 1. The number of hydrogen-bond donors (Lipinski definition) is 1. The number of amides is 1. The Morgan fingerprint density at radius 2 is 1.82 bits per heavy atom. The van der Waals surface area contributed by atoms with Crippen molar-refractivity contribution in [1.29, 1.82) is 0 Å². The van der Waals surface area contributed by atoms with Gasteiger partial charge in [-0.2, -0.15) is 0 Å². The average molecular weight is 373 g/mol. The second kappa shape index (κ2) is 7.52. The van der Waals surface area contributed by atoms with Crippen molar-refractivity contribution in [1.82, 2.24) is 4.98 Å². The Balaban J connectivity index is 1.52. The first kappa shape index (κ1) is 17.7. The summed E-state index contributed by atoms with van der Waals surface area (Å²) in [5.74, 6) is 0.128. The van der Waals surface area contributed by atoms with Crippen molar-refractivity contribution in [3.63, 3.8) is 0 Å². The monoisotopic (exact) mass is 373 g/mol. The first-order chi connectivity index (χ1) is 13.7. The number of hydrogen-bond acceptors (Lipinski definition) is 5. The molecular formula is C22H19N3O3. The number of aromatic nitrogens is 1. The van der Waals surface area contributed by atoms with Crippen LogP contribution in [-0.2, 0) is 11.2 Å². The van der Waals surface area contributed by atoms with Crippen LogP contribution >= 0.6 is 0 Å². The fourth-order valence-corrected chi connectivity index (χ4v) is 3.29. The quantitative estimate of drug-likeness (QED) is 0.704. The smallest absolute Gasteiger partial charge is 0.337 e. The first-order valence-electron chi connectivity index (χ1n) is 8.97. The fourth-order valence-electron chi connectivity index (χ4n) is 3.29. The lowest BCUT2D eigenvalue weighted by Gasteiger charge is -2.17. The molecule has 2 heterocycles. The Hall–Kier alpha value is -3.67. The van der Waals surface area contributed by atoms with Gasteiger partial charge in [-0.05, 0) is 54.4 Å². The lowest BCUT2D eigenvalue weighted by molar-refractivity contribution is 0.0600. The molecule has 1 aliphatic heterocycles. The molecule has 2 aromatic carbocycles. The molecule has 3 aromatic rings. The number of pyridine rings is 1. The molecule has 1 aliphatic rings. The minimum atomic E-state index is -0.386. The Kier molecular flexibility index (Phi) is 4.76. The summed E-state index contributed by atoms with van der Waals surface area (Å²) in [5, 5.41) is 3.16. The molecule has 0 aliphatic carbocycles. The highest BCUT2D eigenvalue weighted by Gasteiger charge is 2.25. The van der Waals surface area contributed by atoms with E-state index in [2.05, 4.69) is 16.4 Å². The van der Waals surface area contributed by atoms with E-state index in [0.717, 1.165) is 17.8 Å². The van der Waals surface area contributed by atoms with Crippen LogP contribution in [0.15, 0.2) is 66.9 Å². The van der Waals surface area contributed by atoms with Crippen molar-refractivity contribution in [3.8, 4) is 0 Å². The number of para-hydroxylation sites is 1. The predicted molar refractivity (Wildman–Crippen MR) is 107 cm³/mol. The summed E-state index contributed by atoms with van der Waals surface area (Å²) < 4.78 is 4.70. The van der Waals surface area contributed by atoms with Crippen LogP contribution in [0.3, 0.4) is 0 Å². The van der Waals surface area contributed by atoms with Crippen LogP contribution in [0.25, 0.3) is 0 Å². The molecule has 6 heteroatoms. The molecule has 28 heavy (non-hydrogen) atoms. The number of ether oxygens (including phenoxy) is 1. The van der Waals surface area contributed by atoms with Crippen LogP contribution in [0.1, 0.15) is 26.3 Å². The van der Waals surface area contributed by atoms with Gasteiger partial charge in [0.2, 0.25) is 0 Å². The zero-order chi connectivity index (χ0) is 19.5. The highest BCUT2D eigenvalue weighted by molar-refractivity contribution is 6.07. The molecule has 0 saturated heterocycles. The van der Waals surface area contributed by atoms with E-state index >= 15 is 0 Å². The topological polar surface area (TPSA) is 71.5 Å². The number of rotatable bonds is 4. The van der Waals surface area contributed by atoms with Crippen LogP contribution in [0.4, 0.5) is 17.2 Å². The third kappa shape index (κ3) is 3.44. The molecule has 1 aromatic heterocycles. The highest BCUT2D eigenvalue weighted by atomic mass is 16.5. The van der Waals surface area contributed by atoms with Crippen molar-refractivity contribution < 1.29 is 14.3 Å². The van der Waals surface area contributed by atoms with Gasteiger partial charge >= 0.3 is 5.97 Å². The van der Waals surface area contributed by atoms with E-state index in [1.807, 2.05) is 18.2 Å². The van der Waals surface area contributed by atoms with Gasteiger partial charge in [0.25, 0.3) is 5.91 Å². The predicted octanol–water partition coefficient (Wildman–Crippen LogP) is 3.81. The minimum absolute atomic E-state index is 0.0450. The van der Waals surface area contributed by atoms with Gasteiger partial charge in [-0.25, -0.2) is 9.78 Å². The van der Waals surface area contributed by atoms with Crippen LogP contribution in [0.5, 0.6) is 0 Å².